The predicted molar refractivity (Wildman–Crippen MR) is 141 cm³/mol. The van der Waals surface area contributed by atoms with Crippen LogP contribution in [-0.4, -0.2) is 87.8 Å². The number of nitrogens with two attached hydrogens (primary N) is 2. The number of aromatic hydroxyl groups is 1. The number of unbranched alkanes of at least 4 members (excludes halogenated alkanes) is 1. The van der Waals surface area contributed by atoms with Crippen LogP contribution < -0.4 is 27.4 Å². The molecule has 1 aromatic carbocycles. The van der Waals surface area contributed by atoms with E-state index >= 15 is 0 Å². The molecule has 3 amide bonds. The number of amides is 3. The highest BCUT2D eigenvalue weighted by Gasteiger charge is 2.31. The number of aliphatic hydroxyl groups excluding tert-OH is 1. The molecular weight excluding hydrogens is 502 g/mol. The van der Waals surface area contributed by atoms with Crippen molar-refractivity contribution in [1.29, 1.82) is 0 Å². The fourth-order valence-corrected chi connectivity index (χ4v) is 3.91. The van der Waals surface area contributed by atoms with Gasteiger partial charge in [-0.1, -0.05) is 12.1 Å². The molecule has 0 aliphatic carbocycles. The predicted octanol–water partition coefficient (Wildman–Crippen LogP) is -0.936. The number of thioether (sulfide) groups is 1. The number of phenolic OH excluding ortho intramolecular Hbond substituents is 1. The summed E-state index contributed by atoms with van der Waals surface area (Å²) < 4.78 is 0. The minimum absolute atomic E-state index is 0.0868. The molecule has 0 radical (unpaired) electrons. The van der Waals surface area contributed by atoms with Crippen molar-refractivity contribution in [2.24, 2.45) is 11.5 Å². The molecule has 0 saturated heterocycles. The van der Waals surface area contributed by atoms with Crippen LogP contribution in [0.15, 0.2) is 24.3 Å². The molecule has 0 spiro atoms. The fraction of sp³-hybridized carbons (Fsp3) is 0.583. The minimum Gasteiger partial charge on any atom is -0.508 e. The highest BCUT2D eigenvalue weighted by molar-refractivity contribution is 7.98. The second kappa shape index (κ2) is 16.8. The number of hydrogen-bond acceptors (Lipinski definition) is 9. The van der Waals surface area contributed by atoms with Gasteiger partial charge >= 0.3 is 5.97 Å². The van der Waals surface area contributed by atoms with Gasteiger partial charge in [0.25, 0.3) is 0 Å². The van der Waals surface area contributed by atoms with Gasteiger partial charge in [-0.25, -0.2) is 4.79 Å². The van der Waals surface area contributed by atoms with Crippen molar-refractivity contribution in [3.05, 3.63) is 29.8 Å². The van der Waals surface area contributed by atoms with Gasteiger partial charge in [-0.3, -0.25) is 14.4 Å². The zero-order valence-electron chi connectivity index (χ0n) is 21.2. The Kier molecular flexibility index (Phi) is 14.6. The van der Waals surface area contributed by atoms with Crippen molar-refractivity contribution < 1.29 is 34.5 Å². The molecule has 5 unspecified atom stereocenters. The quantitative estimate of drug-likeness (QED) is 0.113. The lowest BCUT2D eigenvalue weighted by molar-refractivity contribution is -0.145. The lowest BCUT2D eigenvalue weighted by atomic mass is 10.0. The molecular formula is C24H39N5O7S. The van der Waals surface area contributed by atoms with Crippen molar-refractivity contribution in [3.63, 3.8) is 0 Å². The van der Waals surface area contributed by atoms with Crippen molar-refractivity contribution in [3.8, 4) is 5.75 Å². The van der Waals surface area contributed by atoms with Gasteiger partial charge in [-0.15, -0.1) is 0 Å². The lowest BCUT2D eigenvalue weighted by Crippen LogP contribution is -2.58. The maximum Gasteiger partial charge on any atom is 0.328 e. The van der Waals surface area contributed by atoms with E-state index in [1.165, 1.54) is 30.8 Å². The molecule has 208 valence electrons. The normalized spacial score (nSPS) is 15.1. The number of carboxylic acids is 1. The zero-order valence-corrected chi connectivity index (χ0v) is 22.0. The topological polar surface area (TPSA) is 217 Å². The van der Waals surface area contributed by atoms with E-state index in [0.29, 0.717) is 25.1 Å². The third-order valence-electron chi connectivity index (χ3n) is 5.60. The van der Waals surface area contributed by atoms with Gasteiger partial charge in [0.1, 0.15) is 17.8 Å². The fourth-order valence-electron chi connectivity index (χ4n) is 3.44. The molecule has 12 nitrogen and oxygen atoms in total. The Labute approximate surface area is 220 Å². The Balaban J connectivity index is 2.94. The molecule has 37 heavy (non-hydrogen) atoms. The third-order valence-corrected chi connectivity index (χ3v) is 6.24. The number of aliphatic carboxylic acids is 1. The largest absolute Gasteiger partial charge is 0.508 e. The molecule has 0 aromatic heterocycles. The molecule has 0 heterocycles. The summed E-state index contributed by atoms with van der Waals surface area (Å²) in [6.45, 7) is 1.61. The number of carboxylic acid groups (broad SMARTS) is 1. The number of phenols is 1. The second-order valence-corrected chi connectivity index (χ2v) is 9.72. The number of benzene rings is 1. The maximum atomic E-state index is 13.1. The lowest BCUT2D eigenvalue weighted by Gasteiger charge is -2.26. The van der Waals surface area contributed by atoms with Gasteiger partial charge in [0.05, 0.1) is 12.1 Å². The number of carbonyl (C=O) groups is 4. The first kappa shape index (κ1) is 32.2. The average molecular weight is 542 g/mol. The van der Waals surface area contributed by atoms with Crippen LogP contribution in [0.25, 0.3) is 0 Å². The molecule has 1 aromatic rings. The van der Waals surface area contributed by atoms with Crippen LogP contribution in [0.4, 0.5) is 0 Å². The van der Waals surface area contributed by atoms with E-state index in [0.717, 1.165) is 5.56 Å². The first-order valence-electron chi connectivity index (χ1n) is 12.0. The summed E-state index contributed by atoms with van der Waals surface area (Å²) in [5, 5.41) is 35.9. The molecule has 0 fully saturated rings. The molecule has 0 saturated carbocycles. The highest BCUT2D eigenvalue weighted by atomic mass is 32.2. The van der Waals surface area contributed by atoms with Crippen molar-refractivity contribution >= 4 is 35.5 Å². The standard InChI is InChI=1S/C24H39N5O7S/c1-14(30)20(24(35)36)29-23(34)18(5-3-4-11-25)28-22(33)19(10-12-37-2)27-21(32)17(26)13-15-6-8-16(31)9-7-15/h6-9,14,17-20,30-31H,3-5,10-13,25-26H2,1-2H3,(H,27,32)(H,28,33)(H,29,34)(H,35,36). The van der Waals surface area contributed by atoms with Crippen LogP contribution in [0.2, 0.25) is 0 Å². The van der Waals surface area contributed by atoms with Crippen LogP contribution in [-0.2, 0) is 25.6 Å². The Hall–Kier alpha value is -2.87. The van der Waals surface area contributed by atoms with E-state index in [2.05, 4.69) is 16.0 Å². The summed E-state index contributed by atoms with van der Waals surface area (Å²) in [5.74, 6) is -2.72. The number of hydrogen-bond donors (Lipinski definition) is 8. The molecule has 13 heteroatoms. The second-order valence-electron chi connectivity index (χ2n) is 8.73. The van der Waals surface area contributed by atoms with Crippen LogP contribution >= 0.6 is 11.8 Å². The van der Waals surface area contributed by atoms with Gasteiger partial charge < -0.3 is 42.7 Å². The Morgan fingerprint density at radius 1 is 0.946 bits per heavy atom. The summed E-state index contributed by atoms with van der Waals surface area (Å²) in [7, 11) is 0. The zero-order chi connectivity index (χ0) is 28.0. The Bertz CT molecular complexity index is 885. The molecule has 1 rings (SSSR count). The monoisotopic (exact) mass is 541 g/mol. The number of rotatable bonds is 17. The smallest absolute Gasteiger partial charge is 0.328 e. The third kappa shape index (κ3) is 11.8. The van der Waals surface area contributed by atoms with Gasteiger partial charge in [0.15, 0.2) is 6.04 Å². The molecule has 5 atom stereocenters. The Morgan fingerprint density at radius 2 is 1.51 bits per heavy atom. The van der Waals surface area contributed by atoms with Crippen molar-refractivity contribution in [1.82, 2.24) is 16.0 Å². The number of aliphatic hydroxyl groups is 1. The van der Waals surface area contributed by atoms with E-state index in [4.69, 9.17) is 11.5 Å². The summed E-state index contributed by atoms with van der Waals surface area (Å²) in [5.41, 5.74) is 12.3. The molecule has 0 bridgehead atoms. The van der Waals surface area contributed by atoms with Gasteiger partial charge in [0, 0.05) is 0 Å². The summed E-state index contributed by atoms with van der Waals surface area (Å²) in [6, 6.07) is 1.66. The molecule has 0 aliphatic rings. The Morgan fingerprint density at radius 3 is 2.05 bits per heavy atom. The van der Waals surface area contributed by atoms with Gasteiger partial charge in [-0.05, 0) is 75.3 Å². The van der Waals surface area contributed by atoms with E-state index in [1.807, 2.05) is 6.26 Å². The number of carbonyl (C=O) groups excluding carboxylic acids is 3. The first-order valence-corrected chi connectivity index (χ1v) is 13.4. The summed E-state index contributed by atoms with van der Waals surface area (Å²) in [4.78, 5) is 50.1. The average Bonchev–Trinajstić information content (AvgIpc) is 2.84. The van der Waals surface area contributed by atoms with Crippen molar-refractivity contribution in [2.75, 3.05) is 18.6 Å². The van der Waals surface area contributed by atoms with E-state index in [9.17, 15) is 34.5 Å². The van der Waals surface area contributed by atoms with Gasteiger partial charge in [-0.2, -0.15) is 11.8 Å². The van der Waals surface area contributed by atoms with Crippen molar-refractivity contribution in [2.45, 2.75) is 69.3 Å². The van der Waals surface area contributed by atoms with E-state index in [1.54, 1.807) is 12.1 Å². The molecule has 10 N–H and O–H groups in total. The SMILES string of the molecule is CSCCC(NC(=O)C(N)Cc1ccc(O)cc1)C(=O)NC(CCCCN)C(=O)NC(C(=O)O)C(C)O. The number of nitrogens with one attached hydrogen (secondary N) is 3. The maximum absolute atomic E-state index is 13.1. The summed E-state index contributed by atoms with van der Waals surface area (Å²) >= 11 is 1.47. The van der Waals surface area contributed by atoms with Crippen LogP contribution in [0, 0.1) is 0 Å². The minimum atomic E-state index is -1.55. The first-order chi connectivity index (χ1) is 17.5. The van der Waals surface area contributed by atoms with E-state index in [-0.39, 0.29) is 25.0 Å². The summed E-state index contributed by atoms with van der Waals surface area (Å²) in [6.07, 6.45) is 2.20. The van der Waals surface area contributed by atoms with Crippen LogP contribution in [0.3, 0.4) is 0 Å². The van der Waals surface area contributed by atoms with Crippen LogP contribution in [0.5, 0.6) is 5.75 Å². The highest BCUT2D eigenvalue weighted by Crippen LogP contribution is 2.11. The van der Waals surface area contributed by atoms with Gasteiger partial charge in [0.2, 0.25) is 17.7 Å². The van der Waals surface area contributed by atoms with Crippen LogP contribution in [0.1, 0.15) is 38.2 Å². The van der Waals surface area contributed by atoms with E-state index < -0.39 is 54.0 Å². The molecule has 0 aliphatic heterocycles.